The molecule has 1 rings (SSSR count). The average molecular weight is 335 g/mol. The number of esters is 1. The first-order valence-corrected chi connectivity index (χ1v) is 8.45. The molecule has 0 saturated carbocycles. The Balaban J connectivity index is 2.97. The summed E-state index contributed by atoms with van der Waals surface area (Å²) in [7, 11) is -2.80. The van der Waals surface area contributed by atoms with Crippen LogP contribution >= 0.6 is 11.3 Å². The van der Waals surface area contributed by atoms with Crippen molar-refractivity contribution in [3.63, 3.8) is 0 Å². The van der Waals surface area contributed by atoms with Crippen LogP contribution in [-0.4, -0.2) is 38.6 Å². The van der Waals surface area contributed by atoms with Gasteiger partial charge in [0.1, 0.15) is 10.3 Å². The topological polar surface area (TPSA) is 110 Å². The Bertz CT molecular complexity index is 619. The number of carboxylic acid groups (broad SMARTS) is 1. The lowest BCUT2D eigenvalue weighted by Crippen LogP contribution is -2.41. The standard InChI is InChI=1S/C12H17NO6S2/c1-7(2)4-9(11(14)15)13-21(17,18)10-5-8(6-20-10)12(16)19-3/h5-7,9,13H,4H2,1-3H3,(H,14,15)/t9-/m1/s1. The predicted octanol–water partition coefficient (Wildman–Crippen LogP) is 1.31. The highest BCUT2D eigenvalue weighted by Gasteiger charge is 2.27. The van der Waals surface area contributed by atoms with Gasteiger partial charge in [-0.1, -0.05) is 13.8 Å². The van der Waals surface area contributed by atoms with Gasteiger partial charge in [-0.2, -0.15) is 4.72 Å². The molecule has 0 bridgehead atoms. The maximum atomic E-state index is 12.1. The Morgan fingerprint density at radius 3 is 2.52 bits per heavy atom. The summed E-state index contributed by atoms with van der Waals surface area (Å²) in [5.74, 6) is -1.87. The molecule has 1 aromatic rings. The van der Waals surface area contributed by atoms with Crippen LogP contribution in [0, 0.1) is 5.92 Å². The van der Waals surface area contributed by atoms with Crippen molar-refractivity contribution in [2.24, 2.45) is 5.92 Å². The van der Waals surface area contributed by atoms with E-state index in [-0.39, 0.29) is 22.1 Å². The maximum Gasteiger partial charge on any atom is 0.338 e. The van der Waals surface area contributed by atoms with Crippen LogP contribution in [0.25, 0.3) is 0 Å². The first-order valence-electron chi connectivity index (χ1n) is 6.09. The molecule has 0 amide bonds. The molecule has 0 aromatic carbocycles. The zero-order valence-corrected chi connectivity index (χ0v) is 13.5. The molecule has 0 aliphatic rings. The fraction of sp³-hybridized carbons (Fsp3) is 0.500. The Morgan fingerprint density at radius 2 is 2.05 bits per heavy atom. The number of hydrogen-bond donors (Lipinski definition) is 2. The van der Waals surface area contributed by atoms with Crippen molar-refractivity contribution in [1.82, 2.24) is 4.72 Å². The smallest absolute Gasteiger partial charge is 0.338 e. The monoisotopic (exact) mass is 335 g/mol. The lowest BCUT2D eigenvalue weighted by atomic mass is 10.1. The summed E-state index contributed by atoms with van der Waals surface area (Å²) >= 11 is 0.829. The van der Waals surface area contributed by atoms with E-state index in [1.807, 2.05) is 0 Å². The average Bonchev–Trinajstić information content (AvgIpc) is 2.86. The minimum atomic E-state index is -3.99. The van der Waals surface area contributed by atoms with Crippen LogP contribution in [0.3, 0.4) is 0 Å². The van der Waals surface area contributed by atoms with Crippen LogP contribution in [0.1, 0.15) is 30.6 Å². The Morgan fingerprint density at radius 1 is 1.43 bits per heavy atom. The second-order valence-electron chi connectivity index (χ2n) is 4.79. The Labute approximate surface area is 127 Å². The summed E-state index contributed by atoms with van der Waals surface area (Å²) in [5, 5.41) is 10.4. The van der Waals surface area contributed by atoms with Crippen LogP contribution in [0.2, 0.25) is 0 Å². The number of thiophene rings is 1. The number of carbonyl (C=O) groups is 2. The molecular weight excluding hydrogens is 318 g/mol. The highest BCUT2D eigenvalue weighted by atomic mass is 32.2. The molecule has 21 heavy (non-hydrogen) atoms. The first kappa shape index (κ1) is 17.6. The van der Waals surface area contributed by atoms with Gasteiger partial charge in [-0.05, 0) is 18.4 Å². The van der Waals surface area contributed by atoms with Crippen molar-refractivity contribution in [3.05, 3.63) is 17.0 Å². The van der Waals surface area contributed by atoms with Crippen molar-refractivity contribution >= 4 is 33.3 Å². The van der Waals surface area contributed by atoms with E-state index in [1.54, 1.807) is 13.8 Å². The van der Waals surface area contributed by atoms with Gasteiger partial charge < -0.3 is 9.84 Å². The predicted molar refractivity (Wildman–Crippen MR) is 76.9 cm³/mol. The Kier molecular flexibility index (Phi) is 5.87. The third-order valence-corrected chi connectivity index (χ3v) is 5.48. The van der Waals surface area contributed by atoms with E-state index in [9.17, 15) is 18.0 Å². The zero-order valence-electron chi connectivity index (χ0n) is 11.8. The van der Waals surface area contributed by atoms with Crippen LogP contribution < -0.4 is 4.72 Å². The number of aliphatic carboxylic acids is 1. The highest BCUT2D eigenvalue weighted by molar-refractivity contribution is 7.91. The number of hydrogen-bond acceptors (Lipinski definition) is 6. The summed E-state index contributed by atoms with van der Waals surface area (Å²) in [4.78, 5) is 22.4. The van der Waals surface area contributed by atoms with Crippen LogP contribution in [-0.2, 0) is 19.6 Å². The largest absolute Gasteiger partial charge is 0.480 e. The van der Waals surface area contributed by atoms with Gasteiger partial charge in [0.15, 0.2) is 0 Å². The molecule has 2 N–H and O–H groups in total. The number of carbonyl (C=O) groups excluding carboxylic acids is 1. The van der Waals surface area contributed by atoms with Gasteiger partial charge in [0.2, 0.25) is 0 Å². The SMILES string of the molecule is COC(=O)c1csc(S(=O)(=O)N[C@H](CC(C)C)C(=O)O)c1. The lowest BCUT2D eigenvalue weighted by Gasteiger charge is -2.15. The van der Waals surface area contributed by atoms with Crippen molar-refractivity contribution in [3.8, 4) is 0 Å². The van der Waals surface area contributed by atoms with E-state index in [0.29, 0.717) is 0 Å². The number of nitrogens with one attached hydrogen (secondary N) is 1. The molecule has 1 heterocycles. The van der Waals surface area contributed by atoms with Crippen molar-refractivity contribution in [2.75, 3.05) is 7.11 Å². The van der Waals surface area contributed by atoms with Gasteiger partial charge in [0.25, 0.3) is 10.0 Å². The highest BCUT2D eigenvalue weighted by Crippen LogP contribution is 2.21. The summed E-state index contributed by atoms with van der Waals surface area (Å²) in [6.07, 6.45) is 0.170. The van der Waals surface area contributed by atoms with E-state index in [2.05, 4.69) is 9.46 Å². The van der Waals surface area contributed by atoms with E-state index < -0.39 is 28.0 Å². The van der Waals surface area contributed by atoms with Crippen LogP contribution in [0.4, 0.5) is 0 Å². The fourth-order valence-electron chi connectivity index (χ4n) is 1.60. The fourth-order valence-corrected chi connectivity index (χ4v) is 3.97. The molecule has 7 nitrogen and oxygen atoms in total. The van der Waals surface area contributed by atoms with Crippen LogP contribution in [0.15, 0.2) is 15.7 Å². The second kappa shape index (κ2) is 7.01. The number of ether oxygens (including phenoxy) is 1. The number of carboxylic acids is 1. The molecular formula is C12H17NO6S2. The third-order valence-electron chi connectivity index (χ3n) is 2.56. The molecule has 9 heteroatoms. The number of methoxy groups -OCH3 is 1. The van der Waals surface area contributed by atoms with Gasteiger partial charge in [-0.25, -0.2) is 13.2 Å². The van der Waals surface area contributed by atoms with Crippen LogP contribution in [0.5, 0.6) is 0 Å². The quantitative estimate of drug-likeness (QED) is 0.727. The first-order chi connectivity index (χ1) is 9.67. The zero-order chi connectivity index (χ0) is 16.2. The molecule has 1 aromatic heterocycles. The molecule has 118 valence electrons. The summed E-state index contributed by atoms with van der Waals surface area (Å²) in [6, 6.07) is -0.0497. The molecule has 0 saturated heterocycles. The van der Waals surface area contributed by atoms with Gasteiger partial charge in [-0.15, -0.1) is 11.3 Å². The molecule has 0 spiro atoms. The van der Waals surface area contributed by atoms with Gasteiger partial charge in [0, 0.05) is 5.38 Å². The normalized spacial score (nSPS) is 13.1. The van der Waals surface area contributed by atoms with E-state index >= 15 is 0 Å². The molecule has 0 aliphatic carbocycles. The molecule has 0 aliphatic heterocycles. The number of rotatable bonds is 7. The van der Waals surface area contributed by atoms with Gasteiger partial charge in [0.05, 0.1) is 12.7 Å². The molecule has 0 unspecified atom stereocenters. The summed E-state index contributed by atoms with van der Waals surface area (Å²) < 4.78 is 30.8. The molecule has 0 radical (unpaired) electrons. The number of sulfonamides is 1. The minimum Gasteiger partial charge on any atom is -0.480 e. The third kappa shape index (κ3) is 4.80. The van der Waals surface area contributed by atoms with E-state index in [1.165, 1.54) is 12.5 Å². The van der Waals surface area contributed by atoms with Crippen molar-refractivity contribution < 1.29 is 27.9 Å². The minimum absolute atomic E-state index is 0.0164. The van der Waals surface area contributed by atoms with Gasteiger partial charge in [-0.3, -0.25) is 4.79 Å². The summed E-state index contributed by atoms with van der Waals surface area (Å²) in [6.45, 7) is 3.59. The maximum absolute atomic E-state index is 12.1. The van der Waals surface area contributed by atoms with Gasteiger partial charge >= 0.3 is 11.9 Å². The lowest BCUT2D eigenvalue weighted by molar-refractivity contribution is -0.139. The van der Waals surface area contributed by atoms with E-state index in [4.69, 9.17) is 5.11 Å². The molecule has 1 atom stereocenters. The summed E-state index contributed by atoms with van der Waals surface area (Å²) in [5.41, 5.74) is 0.110. The van der Waals surface area contributed by atoms with E-state index in [0.717, 1.165) is 17.4 Å². The van der Waals surface area contributed by atoms with Crippen molar-refractivity contribution in [1.29, 1.82) is 0 Å². The Hall–Kier alpha value is -1.45. The molecule has 0 fully saturated rings. The van der Waals surface area contributed by atoms with Crippen molar-refractivity contribution in [2.45, 2.75) is 30.5 Å². The second-order valence-corrected chi connectivity index (χ2v) is 7.64.